The van der Waals surface area contributed by atoms with Gasteiger partial charge in [0.05, 0.1) is 12.8 Å². The second-order valence-electron chi connectivity index (χ2n) is 6.62. The van der Waals surface area contributed by atoms with Crippen LogP contribution in [0.2, 0.25) is 0 Å². The van der Waals surface area contributed by atoms with Crippen molar-refractivity contribution in [2.75, 3.05) is 25.4 Å². The summed E-state index contributed by atoms with van der Waals surface area (Å²) in [5.74, 6) is 0.158. The minimum Gasteiger partial charge on any atom is -0.493 e. The van der Waals surface area contributed by atoms with Gasteiger partial charge in [-0.1, -0.05) is 28.6 Å². The fourth-order valence-electron chi connectivity index (χ4n) is 3.15. The molecule has 0 spiro atoms. The molecule has 2 aliphatic rings. The van der Waals surface area contributed by atoms with Crippen molar-refractivity contribution >= 4 is 45.5 Å². The van der Waals surface area contributed by atoms with Gasteiger partial charge in [-0.2, -0.15) is 0 Å². The third kappa shape index (κ3) is 3.92. The molecule has 0 bridgehead atoms. The van der Waals surface area contributed by atoms with Gasteiger partial charge < -0.3 is 18.9 Å². The summed E-state index contributed by atoms with van der Waals surface area (Å²) in [7, 11) is 1.47. The predicted molar refractivity (Wildman–Crippen MR) is 118 cm³/mol. The number of hydrogen-bond acceptors (Lipinski definition) is 7. The molecule has 4 rings (SSSR count). The normalized spacial score (nSPS) is 16.2. The zero-order valence-electron chi connectivity index (χ0n) is 16.8. The molecule has 0 radical (unpaired) electrons. The molecule has 1 N–H and O–H groups in total. The van der Waals surface area contributed by atoms with Crippen molar-refractivity contribution in [3.8, 4) is 23.0 Å². The molecule has 2 aromatic rings. The monoisotopic (exact) mass is 500 g/mol. The van der Waals surface area contributed by atoms with E-state index < -0.39 is 17.8 Å². The fourth-order valence-corrected chi connectivity index (χ4v) is 3.59. The average Bonchev–Trinajstić information content (AvgIpc) is 3.24. The van der Waals surface area contributed by atoms with Crippen molar-refractivity contribution in [1.29, 1.82) is 0 Å². The Bertz CT molecular complexity index is 1180. The summed E-state index contributed by atoms with van der Waals surface area (Å²) in [4.78, 5) is 38.9. The Balaban J connectivity index is 1.71. The molecule has 0 aromatic heterocycles. The lowest BCUT2D eigenvalue weighted by Crippen LogP contribution is -2.54. The van der Waals surface area contributed by atoms with Crippen molar-refractivity contribution in [3.05, 3.63) is 58.6 Å². The van der Waals surface area contributed by atoms with Crippen LogP contribution >= 0.6 is 15.9 Å². The number of halogens is 1. The summed E-state index contributed by atoms with van der Waals surface area (Å²) in [5, 5.41) is 2.19. The molecule has 0 unspecified atom stereocenters. The van der Waals surface area contributed by atoms with Crippen LogP contribution in [0.3, 0.4) is 0 Å². The number of ether oxygens (including phenoxy) is 4. The second-order valence-corrected chi connectivity index (χ2v) is 7.47. The van der Waals surface area contributed by atoms with Gasteiger partial charge in [-0.15, -0.1) is 0 Å². The molecule has 2 heterocycles. The van der Waals surface area contributed by atoms with Gasteiger partial charge in [0.1, 0.15) is 12.2 Å². The van der Waals surface area contributed by atoms with Crippen LogP contribution in [0.15, 0.2) is 53.0 Å². The number of barbiturate groups is 1. The number of carbonyl (C=O) groups is 3. The molecule has 1 fully saturated rings. The van der Waals surface area contributed by atoms with Crippen LogP contribution in [0, 0.1) is 0 Å². The van der Waals surface area contributed by atoms with Gasteiger partial charge in [-0.25, -0.2) is 9.69 Å². The number of methoxy groups -OCH3 is 1. The van der Waals surface area contributed by atoms with E-state index in [9.17, 15) is 14.4 Å². The number of anilines is 1. The third-order valence-electron chi connectivity index (χ3n) is 4.66. The number of rotatable bonds is 6. The molecule has 4 amide bonds. The zero-order valence-corrected chi connectivity index (χ0v) is 18.4. The quantitative estimate of drug-likeness (QED) is 0.368. The first-order valence-electron chi connectivity index (χ1n) is 9.35. The van der Waals surface area contributed by atoms with E-state index in [1.54, 1.807) is 24.3 Å². The first-order chi connectivity index (χ1) is 15.4. The van der Waals surface area contributed by atoms with Crippen molar-refractivity contribution in [1.82, 2.24) is 5.32 Å². The van der Waals surface area contributed by atoms with E-state index in [2.05, 4.69) is 27.8 Å². The van der Waals surface area contributed by atoms with Crippen LogP contribution in [-0.4, -0.2) is 38.4 Å². The van der Waals surface area contributed by atoms with Crippen molar-refractivity contribution in [2.24, 2.45) is 0 Å². The van der Waals surface area contributed by atoms with Gasteiger partial charge in [0.15, 0.2) is 23.0 Å². The van der Waals surface area contributed by atoms with Gasteiger partial charge in [0.2, 0.25) is 6.79 Å². The number of nitrogens with zero attached hydrogens (tertiary/aromatic N) is 1. The molecule has 9 nitrogen and oxygen atoms in total. The molecule has 0 aliphatic carbocycles. The van der Waals surface area contributed by atoms with E-state index >= 15 is 0 Å². The Morgan fingerprint density at radius 3 is 2.69 bits per heavy atom. The predicted octanol–water partition coefficient (Wildman–Crippen LogP) is 3.42. The summed E-state index contributed by atoms with van der Waals surface area (Å²) in [5.41, 5.74) is 0.482. The molecular formula is C22H17BrN2O7. The average molecular weight is 501 g/mol. The fraction of sp³-hybridized carbons (Fsp3) is 0.136. The van der Waals surface area contributed by atoms with Gasteiger partial charge >= 0.3 is 6.03 Å². The minimum atomic E-state index is -0.860. The Morgan fingerprint density at radius 2 is 1.94 bits per heavy atom. The SMILES string of the molecule is C=CCOc1cc(Br)c(/C=C2\C(=O)NC(=O)N(c3ccc4c(c3)OCO4)C2=O)cc1OC. The lowest BCUT2D eigenvalue weighted by Gasteiger charge is -2.26. The number of imide groups is 2. The van der Waals surface area contributed by atoms with Crippen LogP contribution in [-0.2, 0) is 9.59 Å². The molecule has 32 heavy (non-hydrogen) atoms. The summed E-state index contributed by atoms with van der Waals surface area (Å²) in [6, 6.07) is 7.02. The minimum absolute atomic E-state index is 0.0466. The molecule has 0 atom stereocenters. The van der Waals surface area contributed by atoms with Crippen molar-refractivity contribution in [2.45, 2.75) is 0 Å². The zero-order chi connectivity index (χ0) is 22.8. The molecule has 1 saturated heterocycles. The van der Waals surface area contributed by atoms with E-state index in [1.165, 1.54) is 25.3 Å². The molecule has 0 saturated carbocycles. The summed E-state index contributed by atoms with van der Waals surface area (Å²) in [6.45, 7) is 3.93. The smallest absolute Gasteiger partial charge is 0.335 e. The maximum absolute atomic E-state index is 13.1. The Morgan fingerprint density at radius 1 is 1.16 bits per heavy atom. The van der Waals surface area contributed by atoms with Gasteiger partial charge in [-0.3, -0.25) is 14.9 Å². The highest BCUT2D eigenvalue weighted by atomic mass is 79.9. The first-order valence-corrected chi connectivity index (χ1v) is 10.1. The summed E-state index contributed by atoms with van der Waals surface area (Å²) < 4.78 is 22.0. The number of amides is 4. The number of hydrogen-bond donors (Lipinski definition) is 1. The Hall–Kier alpha value is -3.79. The molecule has 2 aliphatic heterocycles. The standard InChI is InChI=1S/C22H17BrN2O7/c1-3-6-30-19-10-15(23)12(8-17(19)29-2)7-14-20(26)24-22(28)25(21(14)27)13-4-5-16-18(9-13)32-11-31-16/h3-5,7-10H,1,6,11H2,2H3,(H,24,26,28)/b14-7+. The maximum Gasteiger partial charge on any atom is 0.335 e. The first kappa shape index (κ1) is 21.4. The number of carbonyl (C=O) groups excluding carboxylic acids is 3. The molecule has 10 heteroatoms. The molecule has 2 aromatic carbocycles. The third-order valence-corrected chi connectivity index (χ3v) is 5.34. The lowest BCUT2D eigenvalue weighted by molar-refractivity contribution is -0.122. The largest absolute Gasteiger partial charge is 0.493 e. The number of nitrogens with one attached hydrogen (secondary N) is 1. The number of benzene rings is 2. The van der Waals surface area contributed by atoms with Crippen LogP contribution in [0.4, 0.5) is 10.5 Å². The van der Waals surface area contributed by atoms with Crippen LogP contribution in [0.1, 0.15) is 5.56 Å². The van der Waals surface area contributed by atoms with E-state index in [-0.39, 0.29) is 24.7 Å². The van der Waals surface area contributed by atoms with Crippen molar-refractivity contribution < 1.29 is 33.3 Å². The summed E-state index contributed by atoms with van der Waals surface area (Å²) in [6.07, 6.45) is 2.96. The Labute approximate surface area is 191 Å². The number of fused-ring (bicyclic) bond motifs is 1. The van der Waals surface area contributed by atoms with Crippen molar-refractivity contribution in [3.63, 3.8) is 0 Å². The number of urea groups is 1. The lowest BCUT2D eigenvalue weighted by atomic mass is 10.1. The highest BCUT2D eigenvalue weighted by Crippen LogP contribution is 2.37. The second kappa shape index (κ2) is 8.75. The van der Waals surface area contributed by atoms with Gasteiger partial charge in [0, 0.05) is 10.5 Å². The van der Waals surface area contributed by atoms with Gasteiger partial charge in [0.25, 0.3) is 11.8 Å². The van der Waals surface area contributed by atoms with Crippen LogP contribution in [0.5, 0.6) is 23.0 Å². The van der Waals surface area contributed by atoms with E-state index in [4.69, 9.17) is 18.9 Å². The topological polar surface area (TPSA) is 103 Å². The maximum atomic E-state index is 13.1. The van der Waals surface area contributed by atoms with Crippen LogP contribution in [0.25, 0.3) is 6.08 Å². The van der Waals surface area contributed by atoms with Crippen LogP contribution < -0.4 is 29.2 Å². The Kier molecular flexibility index (Phi) is 5.87. The summed E-state index contributed by atoms with van der Waals surface area (Å²) >= 11 is 3.41. The highest BCUT2D eigenvalue weighted by molar-refractivity contribution is 9.10. The van der Waals surface area contributed by atoms with E-state index in [0.29, 0.717) is 33.0 Å². The molecular weight excluding hydrogens is 484 g/mol. The van der Waals surface area contributed by atoms with Gasteiger partial charge in [-0.05, 0) is 35.9 Å². The van der Waals surface area contributed by atoms with E-state index in [0.717, 1.165) is 4.90 Å². The van der Waals surface area contributed by atoms with E-state index in [1.807, 2.05) is 0 Å². The highest BCUT2D eigenvalue weighted by Gasteiger charge is 2.37. The molecule has 164 valence electrons.